The van der Waals surface area contributed by atoms with Crippen LogP contribution in [0.2, 0.25) is 10.0 Å². The maximum atomic E-state index is 13.9. The highest BCUT2D eigenvalue weighted by Crippen LogP contribution is 2.37. The van der Waals surface area contributed by atoms with Gasteiger partial charge in [0.15, 0.2) is 12.2 Å². The van der Waals surface area contributed by atoms with E-state index in [0.29, 0.717) is 49.6 Å². The summed E-state index contributed by atoms with van der Waals surface area (Å²) in [5.41, 5.74) is 1.32. The number of aromatic nitrogens is 3. The third-order valence-electron chi connectivity index (χ3n) is 10.5. The average Bonchev–Trinajstić information content (AvgIpc) is 4.18. The number of rotatable bonds is 16. The molecule has 0 saturated carbocycles. The van der Waals surface area contributed by atoms with Crippen LogP contribution >= 0.6 is 34.5 Å². The number of halogens is 2. The second kappa shape index (κ2) is 18.5. The summed E-state index contributed by atoms with van der Waals surface area (Å²) >= 11 is 13.4. The molecule has 10 rings (SSSR count). The molecule has 5 aromatic heterocycles. The number of oxazole rings is 1. The first-order chi connectivity index (χ1) is 33.9. The Bertz CT molecular complexity index is 4130. The smallest absolute Gasteiger partial charge is 0.295 e. The largest absolute Gasteiger partial charge is 0.443 e. The van der Waals surface area contributed by atoms with Crippen molar-refractivity contribution in [3.05, 3.63) is 174 Å². The Hall–Kier alpha value is -7.25. The van der Waals surface area contributed by atoms with Crippen molar-refractivity contribution in [2.75, 3.05) is 18.9 Å². The maximum absolute atomic E-state index is 13.9. The molecule has 4 N–H and O–H groups in total. The highest BCUT2D eigenvalue weighted by atomic mass is 35.5. The van der Waals surface area contributed by atoms with E-state index in [-0.39, 0.29) is 59.0 Å². The van der Waals surface area contributed by atoms with Gasteiger partial charge in [-0.2, -0.15) is 16.8 Å². The number of benzene rings is 5. The topological polar surface area (TPSA) is 263 Å². The standard InChI is InChI=1S/C46H31Cl2N7O11S5/c47-30-11-13-35(37(22-30)54-69(58,59)44-21-29-5-1-2-9-39(29)65-44)52-68(56,57)32-8-3-7-28(19-32)34-17-18-50-43(51-34)20-27-6-4-10-40-33(27)24-45(66-40)70(60,61)55-38-23-31(48)12-14-36(38)53-71(62,63)46-16-15-42(67-46)41-25-49-26-64-41/h1-19,21-26,52-55H,20H2. The maximum Gasteiger partial charge on any atom is 0.295 e. The number of anilines is 4. The van der Waals surface area contributed by atoms with Gasteiger partial charge in [-0.3, -0.25) is 18.9 Å². The van der Waals surface area contributed by atoms with Gasteiger partial charge in [-0.25, -0.2) is 31.8 Å². The molecule has 0 amide bonds. The number of furan rings is 2. The molecule has 0 bridgehead atoms. The predicted octanol–water partition coefficient (Wildman–Crippen LogP) is 10.5. The second-order valence-electron chi connectivity index (χ2n) is 15.3. The lowest BCUT2D eigenvalue weighted by Gasteiger charge is -2.15. The molecule has 0 atom stereocenters. The fourth-order valence-corrected chi connectivity index (χ4v) is 13.1. The Morgan fingerprint density at radius 3 is 1.93 bits per heavy atom. The minimum absolute atomic E-state index is 0.0715. The van der Waals surface area contributed by atoms with Crippen LogP contribution < -0.4 is 18.9 Å². The second-order valence-corrected chi connectivity index (χ2v) is 24.1. The van der Waals surface area contributed by atoms with Crippen molar-refractivity contribution in [2.24, 2.45) is 0 Å². The lowest BCUT2D eigenvalue weighted by molar-refractivity contribution is 0.484. The van der Waals surface area contributed by atoms with Gasteiger partial charge in [0.1, 0.15) is 21.2 Å². The van der Waals surface area contributed by atoms with E-state index in [1.807, 2.05) is 0 Å². The van der Waals surface area contributed by atoms with Crippen LogP contribution in [0.1, 0.15) is 11.4 Å². The van der Waals surface area contributed by atoms with Gasteiger partial charge >= 0.3 is 0 Å². The number of fused-ring (bicyclic) bond motifs is 2. The van der Waals surface area contributed by atoms with Crippen molar-refractivity contribution in [1.82, 2.24) is 15.0 Å². The van der Waals surface area contributed by atoms with E-state index in [9.17, 15) is 33.7 Å². The van der Waals surface area contributed by atoms with E-state index in [4.69, 9.17) is 41.4 Å². The SMILES string of the molecule is O=S(=O)(Nc1ccc(Cl)cc1NS(=O)(=O)c1cc2ccccc2o1)c1cccc(-c2ccnc(Cc3cccc4oc(S(=O)(=O)Nc5cc(Cl)ccc5NS(=O)(=O)c5ccc(-c6cnco6)s5)cc34)n2)c1. The van der Waals surface area contributed by atoms with Gasteiger partial charge < -0.3 is 13.3 Å². The van der Waals surface area contributed by atoms with Gasteiger partial charge in [0.25, 0.3) is 40.1 Å². The van der Waals surface area contributed by atoms with Crippen LogP contribution in [0.5, 0.6) is 0 Å². The fraction of sp³-hybridized carbons (Fsp3) is 0.0217. The Labute approximate surface area is 418 Å². The molecule has 10 aromatic rings. The Morgan fingerprint density at radius 2 is 1.23 bits per heavy atom. The van der Waals surface area contributed by atoms with Crippen molar-refractivity contribution in [3.63, 3.8) is 0 Å². The van der Waals surface area contributed by atoms with Crippen molar-refractivity contribution < 1.29 is 46.9 Å². The average molecular weight is 1090 g/mol. The molecule has 0 fully saturated rings. The molecule has 5 aromatic carbocycles. The predicted molar refractivity (Wildman–Crippen MR) is 269 cm³/mol. The molecule has 0 aliphatic rings. The van der Waals surface area contributed by atoms with E-state index < -0.39 is 45.2 Å². The Morgan fingerprint density at radius 1 is 0.577 bits per heavy atom. The summed E-state index contributed by atoms with van der Waals surface area (Å²) in [6.07, 6.45) is 4.24. The molecule has 0 aliphatic carbocycles. The first-order valence-electron chi connectivity index (χ1n) is 20.5. The molecule has 25 heteroatoms. The summed E-state index contributed by atoms with van der Waals surface area (Å²) in [6, 6.07) is 32.7. The third-order valence-corrected chi connectivity index (χ3v) is 17.7. The highest BCUT2D eigenvalue weighted by Gasteiger charge is 2.27. The van der Waals surface area contributed by atoms with Crippen LogP contribution in [0.4, 0.5) is 22.7 Å². The number of hydrogen-bond donors (Lipinski definition) is 4. The summed E-state index contributed by atoms with van der Waals surface area (Å²) in [5, 5.41) is 0.335. The third kappa shape index (κ3) is 10.1. The van der Waals surface area contributed by atoms with Gasteiger partial charge in [0.2, 0.25) is 10.2 Å². The highest BCUT2D eigenvalue weighted by molar-refractivity contribution is 7.95. The molecular formula is C46H31Cl2N7O11S5. The molecule has 5 heterocycles. The lowest BCUT2D eigenvalue weighted by atomic mass is 10.1. The first-order valence-corrected chi connectivity index (χ1v) is 28.0. The summed E-state index contributed by atoms with van der Waals surface area (Å²) < 4.78 is 136. The molecule has 0 unspecified atom stereocenters. The number of hydrogen-bond acceptors (Lipinski definition) is 15. The zero-order valence-corrected chi connectivity index (χ0v) is 41.4. The van der Waals surface area contributed by atoms with Crippen LogP contribution in [-0.4, -0.2) is 48.6 Å². The summed E-state index contributed by atoms with van der Waals surface area (Å²) in [5.74, 6) is 0.667. The molecular weight excluding hydrogens is 1060 g/mol. The number of sulfonamides is 4. The van der Waals surface area contributed by atoms with E-state index in [1.165, 1.54) is 91.6 Å². The Balaban J connectivity index is 0.865. The van der Waals surface area contributed by atoms with Gasteiger partial charge in [0, 0.05) is 51.1 Å². The van der Waals surface area contributed by atoms with E-state index in [2.05, 4.69) is 28.9 Å². The molecule has 0 aliphatic heterocycles. The first kappa shape index (κ1) is 47.4. The monoisotopic (exact) mass is 1090 g/mol. The molecule has 360 valence electrons. The van der Waals surface area contributed by atoms with E-state index in [0.717, 1.165) is 11.3 Å². The van der Waals surface area contributed by atoms with E-state index in [1.54, 1.807) is 60.7 Å². The molecule has 0 spiro atoms. The van der Waals surface area contributed by atoms with Crippen LogP contribution in [0.15, 0.2) is 185 Å². The zero-order valence-electron chi connectivity index (χ0n) is 35.8. The van der Waals surface area contributed by atoms with Crippen molar-refractivity contribution in [1.29, 1.82) is 0 Å². The minimum atomic E-state index is -4.51. The summed E-state index contributed by atoms with van der Waals surface area (Å²) in [4.78, 5) is 13.3. The van der Waals surface area contributed by atoms with Crippen LogP contribution in [0, 0.1) is 0 Å². The quantitative estimate of drug-likeness (QED) is 0.0701. The van der Waals surface area contributed by atoms with Gasteiger partial charge in [0.05, 0.1) is 44.4 Å². The summed E-state index contributed by atoms with van der Waals surface area (Å²) in [7, 11) is -17.4. The van der Waals surface area contributed by atoms with Crippen molar-refractivity contribution in [3.8, 4) is 21.9 Å². The summed E-state index contributed by atoms with van der Waals surface area (Å²) in [6.45, 7) is 0. The van der Waals surface area contributed by atoms with E-state index >= 15 is 0 Å². The normalized spacial score (nSPS) is 12.3. The fourth-order valence-electron chi connectivity index (χ4n) is 7.22. The lowest BCUT2D eigenvalue weighted by Crippen LogP contribution is -2.17. The Kier molecular flexibility index (Phi) is 12.4. The minimum Gasteiger partial charge on any atom is -0.443 e. The van der Waals surface area contributed by atoms with Gasteiger partial charge in [-0.15, -0.1) is 11.3 Å². The van der Waals surface area contributed by atoms with Crippen LogP contribution in [0.3, 0.4) is 0 Å². The molecule has 0 saturated heterocycles. The van der Waals surface area contributed by atoms with Crippen LogP contribution in [-0.2, 0) is 46.5 Å². The number of nitrogens with zero attached hydrogens (tertiary/aromatic N) is 3. The number of para-hydroxylation sites is 1. The molecule has 0 radical (unpaired) electrons. The molecule has 18 nitrogen and oxygen atoms in total. The number of thiophene rings is 1. The van der Waals surface area contributed by atoms with Gasteiger partial charge in [-0.1, -0.05) is 65.7 Å². The zero-order chi connectivity index (χ0) is 49.7. The van der Waals surface area contributed by atoms with Gasteiger partial charge in [-0.05, 0) is 84.4 Å². The van der Waals surface area contributed by atoms with Crippen LogP contribution in [0.25, 0.3) is 43.8 Å². The van der Waals surface area contributed by atoms with Crippen molar-refractivity contribution in [2.45, 2.75) is 25.7 Å². The molecule has 71 heavy (non-hydrogen) atoms. The number of nitrogens with one attached hydrogen (secondary N) is 4. The van der Waals surface area contributed by atoms with Crippen molar-refractivity contribution >= 4 is 119 Å².